The van der Waals surface area contributed by atoms with Gasteiger partial charge in [0.1, 0.15) is 5.84 Å². The molecule has 0 saturated carbocycles. The lowest BCUT2D eigenvalue weighted by atomic mass is 10.2. The molecule has 0 amide bonds. The standard InChI is InChI=1S/C10H23N3O2/c1-4-9(2)13(7-8-15-3)6-5-10(11)12-14/h9,14H,4-8H2,1-3H3,(H2,11,12). The minimum atomic E-state index is 0.278. The van der Waals surface area contributed by atoms with Crippen LogP contribution < -0.4 is 5.73 Å². The highest BCUT2D eigenvalue weighted by atomic mass is 16.5. The number of nitrogens with two attached hydrogens (primary N) is 1. The smallest absolute Gasteiger partial charge is 0.140 e. The summed E-state index contributed by atoms with van der Waals surface area (Å²) in [6.07, 6.45) is 1.67. The van der Waals surface area contributed by atoms with Crippen LogP contribution in [-0.4, -0.2) is 48.8 Å². The molecule has 90 valence electrons. The van der Waals surface area contributed by atoms with E-state index in [-0.39, 0.29) is 5.84 Å². The Morgan fingerprint density at radius 1 is 1.53 bits per heavy atom. The quantitative estimate of drug-likeness (QED) is 0.274. The summed E-state index contributed by atoms with van der Waals surface area (Å²) < 4.78 is 5.05. The van der Waals surface area contributed by atoms with E-state index in [0.29, 0.717) is 19.1 Å². The molecule has 0 fully saturated rings. The third-order valence-corrected chi connectivity index (χ3v) is 2.58. The maximum Gasteiger partial charge on any atom is 0.140 e. The van der Waals surface area contributed by atoms with Crippen molar-refractivity contribution in [3.05, 3.63) is 0 Å². The number of hydrogen-bond acceptors (Lipinski definition) is 4. The van der Waals surface area contributed by atoms with E-state index in [1.165, 1.54) is 0 Å². The number of amidine groups is 1. The first kappa shape index (κ1) is 14.2. The van der Waals surface area contributed by atoms with Gasteiger partial charge in [-0.2, -0.15) is 0 Å². The van der Waals surface area contributed by atoms with E-state index in [4.69, 9.17) is 15.7 Å². The van der Waals surface area contributed by atoms with Gasteiger partial charge in [-0.3, -0.25) is 4.90 Å². The molecule has 3 N–H and O–H groups in total. The molecule has 0 radical (unpaired) electrons. The van der Waals surface area contributed by atoms with Crippen molar-refractivity contribution in [2.24, 2.45) is 10.9 Å². The van der Waals surface area contributed by atoms with Crippen molar-refractivity contribution < 1.29 is 9.94 Å². The van der Waals surface area contributed by atoms with Crippen LogP contribution in [0.4, 0.5) is 0 Å². The number of oxime groups is 1. The van der Waals surface area contributed by atoms with Crippen molar-refractivity contribution in [1.29, 1.82) is 0 Å². The number of nitrogens with zero attached hydrogens (tertiary/aromatic N) is 2. The van der Waals surface area contributed by atoms with E-state index in [2.05, 4.69) is 23.9 Å². The third kappa shape index (κ3) is 6.30. The molecule has 5 nitrogen and oxygen atoms in total. The topological polar surface area (TPSA) is 71.1 Å². The summed E-state index contributed by atoms with van der Waals surface area (Å²) in [4.78, 5) is 2.28. The summed E-state index contributed by atoms with van der Waals surface area (Å²) in [5.41, 5.74) is 5.43. The van der Waals surface area contributed by atoms with Gasteiger partial charge in [0.25, 0.3) is 0 Å². The van der Waals surface area contributed by atoms with Crippen LogP contribution in [0.5, 0.6) is 0 Å². The van der Waals surface area contributed by atoms with Crippen LogP contribution in [0.15, 0.2) is 5.16 Å². The minimum Gasteiger partial charge on any atom is -0.409 e. The first-order valence-corrected chi connectivity index (χ1v) is 5.35. The normalized spacial score (nSPS) is 14.5. The summed E-state index contributed by atoms with van der Waals surface area (Å²) in [6, 6.07) is 0.492. The Labute approximate surface area is 91.9 Å². The molecule has 15 heavy (non-hydrogen) atoms. The third-order valence-electron chi connectivity index (χ3n) is 2.58. The summed E-state index contributed by atoms with van der Waals surface area (Å²) in [7, 11) is 1.69. The Balaban J connectivity index is 4.00. The second-order valence-electron chi connectivity index (χ2n) is 3.63. The predicted molar refractivity (Wildman–Crippen MR) is 61.2 cm³/mol. The van der Waals surface area contributed by atoms with Crippen molar-refractivity contribution >= 4 is 5.84 Å². The summed E-state index contributed by atoms with van der Waals surface area (Å²) >= 11 is 0. The lowest BCUT2D eigenvalue weighted by Gasteiger charge is -2.27. The Kier molecular flexibility index (Phi) is 8.04. The molecule has 5 heteroatoms. The monoisotopic (exact) mass is 217 g/mol. The van der Waals surface area contributed by atoms with Crippen molar-refractivity contribution in [1.82, 2.24) is 4.90 Å². The van der Waals surface area contributed by atoms with E-state index in [9.17, 15) is 0 Å². The molecule has 1 atom stereocenters. The molecule has 0 aliphatic carbocycles. The molecule has 0 aliphatic heterocycles. The maximum absolute atomic E-state index is 8.44. The van der Waals surface area contributed by atoms with Gasteiger partial charge in [0.2, 0.25) is 0 Å². The van der Waals surface area contributed by atoms with Crippen molar-refractivity contribution in [2.45, 2.75) is 32.7 Å². The fourth-order valence-corrected chi connectivity index (χ4v) is 1.33. The van der Waals surface area contributed by atoms with Gasteiger partial charge in [-0.25, -0.2) is 0 Å². The number of methoxy groups -OCH3 is 1. The molecule has 0 aliphatic rings. The molecular formula is C10H23N3O2. The molecule has 0 saturated heterocycles. The zero-order valence-electron chi connectivity index (χ0n) is 9.94. The summed E-state index contributed by atoms with van der Waals surface area (Å²) in [6.45, 7) is 6.70. The van der Waals surface area contributed by atoms with E-state index < -0.39 is 0 Å². The van der Waals surface area contributed by atoms with Gasteiger partial charge in [-0.05, 0) is 13.3 Å². The fourth-order valence-electron chi connectivity index (χ4n) is 1.33. The molecule has 0 rings (SSSR count). The lowest BCUT2D eigenvalue weighted by molar-refractivity contribution is 0.125. The van der Waals surface area contributed by atoms with Gasteiger partial charge in [0.05, 0.1) is 6.61 Å². The molecule has 1 unspecified atom stereocenters. The van der Waals surface area contributed by atoms with Crippen LogP contribution in [0, 0.1) is 0 Å². The van der Waals surface area contributed by atoms with Crippen LogP contribution in [0.3, 0.4) is 0 Å². The van der Waals surface area contributed by atoms with E-state index in [1.54, 1.807) is 7.11 Å². The first-order chi connectivity index (χ1) is 7.15. The molecule has 0 spiro atoms. The molecule has 0 aromatic heterocycles. The van der Waals surface area contributed by atoms with Crippen LogP contribution in [0.1, 0.15) is 26.7 Å². The van der Waals surface area contributed by atoms with Gasteiger partial charge in [-0.15, -0.1) is 0 Å². The van der Waals surface area contributed by atoms with E-state index >= 15 is 0 Å². The Bertz CT molecular complexity index is 186. The zero-order valence-corrected chi connectivity index (χ0v) is 9.94. The average molecular weight is 217 g/mol. The van der Waals surface area contributed by atoms with Crippen molar-refractivity contribution in [3.63, 3.8) is 0 Å². The van der Waals surface area contributed by atoms with Crippen LogP contribution in [-0.2, 0) is 4.74 Å². The van der Waals surface area contributed by atoms with Crippen molar-refractivity contribution in [2.75, 3.05) is 26.8 Å². The number of ether oxygens (including phenoxy) is 1. The molecule has 0 aromatic carbocycles. The second kappa shape index (κ2) is 8.49. The Morgan fingerprint density at radius 2 is 2.20 bits per heavy atom. The van der Waals surface area contributed by atoms with Gasteiger partial charge in [0.15, 0.2) is 0 Å². The molecule has 0 heterocycles. The van der Waals surface area contributed by atoms with E-state index in [0.717, 1.165) is 19.5 Å². The first-order valence-electron chi connectivity index (χ1n) is 5.35. The Hall–Kier alpha value is -0.810. The fraction of sp³-hybridized carbons (Fsp3) is 0.900. The molecular weight excluding hydrogens is 194 g/mol. The highest BCUT2D eigenvalue weighted by Gasteiger charge is 2.11. The highest BCUT2D eigenvalue weighted by Crippen LogP contribution is 2.04. The highest BCUT2D eigenvalue weighted by molar-refractivity contribution is 5.79. The summed E-state index contributed by atoms with van der Waals surface area (Å²) in [5.74, 6) is 0.278. The average Bonchev–Trinajstić information content (AvgIpc) is 2.27. The minimum absolute atomic E-state index is 0.278. The van der Waals surface area contributed by atoms with Crippen LogP contribution in [0.2, 0.25) is 0 Å². The van der Waals surface area contributed by atoms with Crippen LogP contribution >= 0.6 is 0 Å². The lowest BCUT2D eigenvalue weighted by Crippen LogP contribution is -2.37. The number of hydrogen-bond donors (Lipinski definition) is 2. The van der Waals surface area contributed by atoms with Gasteiger partial charge < -0.3 is 15.7 Å². The SMILES string of the molecule is CCC(C)N(CCOC)CCC(N)=NO. The van der Waals surface area contributed by atoms with Gasteiger partial charge >= 0.3 is 0 Å². The van der Waals surface area contributed by atoms with E-state index in [1.807, 2.05) is 0 Å². The zero-order chi connectivity index (χ0) is 11.7. The van der Waals surface area contributed by atoms with Crippen molar-refractivity contribution in [3.8, 4) is 0 Å². The predicted octanol–water partition coefficient (Wildman–Crippen LogP) is 0.870. The maximum atomic E-state index is 8.44. The molecule has 0 aromatic rings. The molecule has 0 bridgehead atoms. The van der Waals surface area contributed by atoms with Crippen LogP contribution in [0.25, 0.3) is 0 Å². The van der Waals surface area contributed by atoms with Gasteiger partial charge in [0, 0.05) is 32.7 Å². The number of rotatable bonds is 8. The summed E-state index contributed by atoms with van der Waals surface area (Å²) in [5, 5.41) is 11.4. The largest absolute Gasteiger partial charge is 0.409 e. The second-order valence-corrected chi connectivity index (χ2v) is 3.63. The Morgan fingerprint density at radius 3 is 2.67 bits per heavy atom. The van der Waals surface area contributed by atoms with Gasteiger partial charge in [-0.1, -0.05) is 12.1 Å².